The van der Waals surface area contributed by atoms with Crippen LogP contribution in [0.15, 0.2) is 30.0 Å². The van der Waals surface area contributed by atoms with Gasteiger partial charge in [-0.15, -0.1) is 0 Å². The van der Waals surface area contributed by atoms with Crippen molar-refractivity contribution in [1.29, 1.82) is 0 Å². The molecule has 1 saturated heterocycles. The van der Waals surface area contributed by atoms with Crippen LogP contribution in [0.1, 0.15) is 38.7 Å². The van der Waals surface area contributed by atoms with E-state index in [9.17, 15) is 9.59 Å². The maximum atomic E-state index is 13.2. The number of ether oxygens (including phenoxy) is 1. The molecule has 0 N–H and O–H groups in total. The summed E-state index contributed by atoms with van der Waals surface area (Å²) in [5.74, 6) is 0.457. The first-order valence-electron chi connectivity index (χ1n) is 10.3. The molecule has 2 aliphatic heterocycles. The number of benzene rings is 1. The van der Waals surface area contributed by atoms with Crippen LogP contribution in [0.4, 0.5) is 0 Å². The van der Waals surface area contributed by atoms with Gasteiger partial charge in [-0.25, -0.2) is 0 Å². The van der Waals surface area contributed by atoms with E-state index < -0.39 is 0 Å². The van der Waals surface area contributed by atoms with Gasteiger partial charge in [0.25, 0.3) is 11.8 Å². The highest BCUT2D eigenvalue weighted by atomic mass is 16.5. The lowest BCUT2D eigenvalue weighted by Crippen LogP contribution is -2.46. The van der Waals surface area contributed by atoms with E-state index in [1.807, 2.05) is 31.2 Å². The van der Waals surface area contributed by atoms with Crippen molar-refractivity contribution in [2.75, 3.05) is 46.4 Å². The van der Waals surface area contributed by atoms with Gasteiger partial charge in [-0.2, -0.15) is 0 Å². The Bertz CT molecular complexity index is 734. The van der Waals surface area contributed by atoms with Crippen molar-refractivity contribution in [2.45, 2.75) is 33.1 Å². The van der Waals surface area contributed by atoms with Crippen molar-refractivity contribution in [3.05, 3.63) is 35.5 Å². The number of piperazine rings is 1. The molecule has 6 nitrogen and oxygen atoms in total. The second-order valence-electron chi connectivity index (χ2n) is 7.44. The average Bonchev–Trinajstić information content (AvgIpc) is 2.94. The molecule has 0 saturated carbocycles. The lowest BCUT2D eigenvalue weighted by atomic mass is 10.0. The summed E-state index contributed by atoms with van der Waals surface area (Å²) in [5.41, 5.74) is 1.89. The van der Waals surface area contributed by atoms with Crippen LogP contribution in [0.25, 0.3) is 5.57 Å². The number of imide groups is 1. The van der Waals surface area contributed by atoms with Gasteiger partial charge in [0.05, 0.1) is 12.2 Å². The molecule has 6 heteroatoms. The molecule has 2 amide bonds. The first kappa shape index (κ1) is 20.4. The summed E-state index contributed by atoms with van der Waals surface area (Å²) in [5, 5.41) is 0. The first-order valence-corrected chi connectivity index (χ1v) is 10.3. The maximum absolute atomic E-state index is 13.2. The summed E-state index contributed by atoms with van der Waals surface area (Å²) in [6.07, 6.45) is 2.92. The van der Waals surface area contributed by atoms with Gasteiger partial charge >= 0.3 is 0 Å². The third-order valence-electron chi connectivity index (χ3n) is 5.40. The van der Waals surface area contributed by atoms with Gasteiger partial charge in [0.1, 0.15) is 11.4 Å². The second kappa shape index (κ2) is 9.24. The number of unbranched alkanes of at least 4 members (excludes halogenated alkanes) is 2. The molecule has 0 aromatic heterocycles. The lowest BCUT2D eigenvalue weighted by Gasteiger charge is -2.34. The Morgan fingerprint density at radius 2 is 1.61 bits per heavy atom. The first-order chi connectivity index (χ1) is 13.6. The molecule has 0 atom stereocenters. The molecule has 1 aromatic carbocycles. The number of rotatable bonds is 8. The Balaban J connectivity index is 1.93. The molecule has 2 aliphatic rings. The van der Waals surface area contributed by atoms with Crippen LogP contribution in [0.3, 0.4) is 0 Å². The van der Waals surface area contributed by atoms with Gasteiger partial charge < -0.3 is 14.5 Å². The van der Waals surface area contributed by atoms with E-state index in [0.717, 1.165) is 56.8 Å². The summed E-state index contributed by atoms with van der Waals surface area (Å²) < 4.78 is 5.52. The molecule has 3 rings (SSSR count). The smallest absolute Gasteiger partial charge is 0.277 e. The van der Waals surface area contributed by atoms with Crippen LogP contribution in [-0.4, -0.2) is 72.9 Å². The van der Waals surface area contributed by atoms with E-state index >= 15 is 0 Å². The Hall–Kier alpha value is -2.34. The van der Waals surface area contributed by atoms with Gasteiger partial charge in [0.2, 0.25) is 0 Å². The van der Waals surface area contributed by atoms with Crippen LogP contribution in [-0.2, 0) is 9.59 Å². The molecular formula is C22H31N3O3. The fourth-order valence-electron chi connectivity index (χ4n) is 3.75. The zero-order valence-electron chi connectivity index (χ0n) is 17.2. The number of hydrogen-bond donors (Lipinski definition) is 0. The van der Waals surface area contributed by atoms with Crippen molar-refractivity contribution < 1.29 is 14.3 Å². The van der Waals surface area contributed by atoms with E-state index in [1.54, 1.807) is 0 Å². The van der Waals surface area contributed by atoms with Crippen molar-refractivity contribution >= 4 is 17.4 Å². The monoisotopic (exact) mass is 385 g/mol. The highest BCUT2D eigenvalue weighted by Crippen LogP contribution is 2.33. The Kier molecular flexibility index (Phi) is 6.73. The van der Waals surface area contributed by atoms with Crippen molar-refractivity contribution in [3.63, 3.8) is 0 Å². The molecule has 0 radical (unpaired) electrons. The zero-order valence-corrected chi connectivity index (χ0v) is 17.2. The van der Waals surface area contributed by atoms with E-state index in [4.69, 9.17) is 4.74 Å². The largest absolute Gasteiger partial charge is 0.494 e. The van der Waals surface area contributed by atoms with Crippen molar-refractivity contribution in [3.8, 4) is 5.75 Å². The van der Waals surface area contributed by atoms with E-state index in [0.29, 0.717) is 24.4 Å². The van der Waals surface area contributed by atoms with E-state index in [-0.39, 0.29) is 11.8 Å². The number of nitrogens with zero attached hydrogens (tertiary/aromatic N) is 3. The average molecular weight is 386 g/mol. The summed E-state index contributed by atoms with van der Waals surface area (Å²) in [6.45, 7) is 8.43. The van der Waals surface area contributed by atoms with Gasteiger partial charge in [-0.1, -0.05) is 31.9 Å². The Morgan fingerprint density at radius 3 is 2.21 bits per heavy atom. The summed E-state index contributed by atoms with van der Waals surface area (Å²) >= 11 is 0. The molecule has 0 bridgehead atoms. The van der Waals surface area contributed by atoms with Crippen LogP contribution >= 0.6 is 0 Å². The number of hydrogen-bond acceptors (Lipinski definition) is 5. The third kappa shape index (κ3) is 4.22. The number of amides is 2. The van der Waals surface area contributed by atoms with Crippen LogP contribution < -0.4 is 4.74 Å². The molecular weight excluding hydrogens is 354 g/mol. The van der Waals surface area contributed by atoms with Gasteiger partial charge in [-0.3, -0.25) is 14.5 Å². The second-order valence-corrected chi connectivity index (χ2v) is 7.44. The molecule has 1 fully saturated rings. The fraction of sp³-hybridized carbons (Fsp3) is 0.545. The van der Waals surface area contributed by atoms with Gasteiger partial charge in [0, 0.05) is 32.7 Å². The molecule has 2 heterocycles. The predicted octanol–water partition coefficient (Wildman–Crippen LogP) is 2.60. The number of carbonyl (C=O) groups is 2. The Morgan fingerprint density at radius 1 is 0.929 bits per heavy atom. The van der Waals surface area contributed by atoms with Crippen LogP contribution in [0.5, 0.6) is 5.75 Å². The molecule has 0 spiro atoms. The van der Waals surface area contributed by atoms with Crippen molar-refractivity contribution in [2.24, 2.45) is 0 Å². The maximum Gasteiger partial charge on any atom is 0.277 e. The predicted molar refractivity (Wildman–Crippen MR) is 110 cm³/mol. The zero-order chi connectivity index (χ0) is 20.1. The highest BCUT2D eigenvalue weighted by Gasteiger charge is 2.41. The highest BCUT2D eigenvalue weighted by molar-refractivity contribution is 6.35. The van der Waals surface area contributed by atoms with Crippen LogP contribution in [0.2, 0.25) is 0 Å². The molecule has 0 aliphatic carbocycles. The van der Waals surface area contributed by atoms with Crippen LogP contribution in [0, 0.1) is 0 Å². The summed E-state index contributed by atoms with van der Waals surface area (Å²) in [4.78, 5) is 32.2. The topological polar surface area (TPSA) is 53.1 Å². The molecule has 1 aromatic rings. The van der Waals surface area contributed by atoms with E-state index in [1.165, 1.54) is 4.90 Å². The normalized spacial score (nSPS) is 18.4. The number of carbonyl (C=O) groups excluding carboxylic acids is 2. The van der Waals surface area contributed by atoms with Crippen molar-refractivity contribution in [1.82, 2.24) is 14.7 Å². The lowest BCUT2D eigenvalue weighted by molar-refractivity contribution is -0.137. The minimum Gasteiger partial charge on any atom is -0.494 e. The van der Waals surface area contributed by atoms with Gasteiger partial charge in [0.15, 0.2) is 0 Å². The van der Waals surface area contributed by atoms with E-state index in [2.05, 4.69) is 23.8 Å². The Labute approximate surface area is 167 Å². The molecule has 152 valence electrons. The fourth-order valence-corrected chi connectivity index (χ4v) is 3.75. The van der Waals surface area contributed by atoms with Gasteiger partial charge in [-0.05, 0) is 38.1 Å². The molecule has 0 unspecified atom stereocenters. The number of likely N-dealkylation sites (N-methyl/N-ethyl adjacent to an activating group) is 1. The standard InChI is InChI=1S/C22H31N3O3/c1-4-6-7-12-25-21(26)19(17-8-10-18(11-9-17)28-5-2)20(22(25)27)24-15-13-23(3)14-16-24/h8-11H,4-7,12-16H2,1-3H3. The molecule has 28 heavy (non-hydrogen) atoms. The third-order valence-corrected chi connectivity index (χ3v) is 5.40. The SMILES string of the molecule is CCCCCN1C(=O)C(c2ccc(OCC)cc2)=C(N2CCN(C)CC2)C1=O. The minimum absolute atomic E-state index is 0.144. The quantitative estimate of drug-likeness (QED) is 0.509. The summed E-state index contributed by atoms with van der Waals surface area (Å²) in [6, 6.07) is 7.50. The minimum atomic E-state index is -0.167. The summed E-state index contributed by atoms with van der Waals surface area (Å²) in [7, 11) is 2.08.